The number of hydrogen-bond donors (Lipinski definition) is 1. The summed E-state index contributed by atoms with van der Waals surface area (Å²) in [6.45, 7) is 1.60. The average Bonchev–Trinajstić information content (AvgIpc) is 2.44. The molecule has 0 aliphatic rings. The van der Waals surface area contributed by atoms with E-state index in [1.54, 1.807) is 19.2 Å². The van der Waals surface area contributed by atoms with E-state index in [9.17, 15) is 4.79 Å². The third kappa shape index (κ3) is 4.92. The normalized spacial score (nSPS) is 9.60. The number of carboxylic acids is 1. The smallest absolute Gasteiger partial charge is 0.303 e. The standard InChI is InChI=1S/C9H4Cl3N3.C3H6O2/c10-7-4-14-6(3-15-7)5-1-2-13-9(12)8(5)11;1-2-3(4)5/h1-4H;2H2,1H3,(H,4,5). The molecule has 2 aromatic rings. The minimum absolute atomic E-state index is 0.222. The largest absolute Gasteiger partial charge is 0.481 e. The van der Waals surface area contributed by atoms with Crippen LogP contribution in [0.4, 0.5) is 0 Å². The number of aliphatic carboxylic acids is 1. The topological polar surface area (TPSA) is 76.0 Å². The zero-order valence-electron chi connectivity index (χ0n) is 10.3. The van der Waals surface area contributed by atoms with Gasteiger partial charge in [0.25, 0.3) is 0 Å². The fourth-order valence-electron chi connectivity index (χ4n) is 1.07. The second-order valence-electron chi connectivity index (χ2n) is 3.43. The fraction of sp³-hybridized carbons (Fsp3) is 0.167. The van der Waals surface area contributed by atoms with Crippen LogP contribution in [0.3, 0.4) is 0 Å². The first-order valence-corrected chi connectivity index (χ1v) is 6.58. The van der Waals surface area contributed by atoms with Crippen LogP contribution in [0.2, 0.25) is 15.3 Å². The van der Waals surface area contributed by atoms with Gasteiger partial charge in [-0.1, -0.05) is 41.7 Å². The van der Waals surface area contributed by atoms with Crippen LogP contribution < -0.4 is 0 Å². The lowest BCUT2D eigenvalue weighted by Gasteiger charge is -2.03. The molecule has 8 heteroatoms. The molecule has 106 valence electrons. The van der Waals surface area contributed by atoms with Gasteiger partial charge in [-0.3, -0.25) is 9.78 Å². The van der Waals surface area contributed by atoms with Crippen molar-refractivity contribution in [2.75, 3.05) is 0 Å². The van der Waals surface area contributed by atoms with Gasteiger partial charge in [0.15, 0.2) is 0 Å². The van der Waals surface area contributed by atoms with Gasteiger partial charge in [-0.25, -0.2) is 9.97 Å². The summed E-state index contributed by atoms with van der Waals surface area (Å²) in [5, 5.41) is 8.65. The van der Waals surface area contributed by atoms with Gasteiger partial charge in [-0.15, -0.1) is 0 Å². The highest BCUT2D eigenvalue weighted by Crippen LogP contribution is 2.30. The minimum atomic E-state index is -0.745. The summed E-state index contributed by atoms with van der Waals surface area (Å²) in [5.74, 6) is -0.745. The number of nitrogens with zero attached hydrogens (tertiary/aromatic N) is 3. The van der Waals surface area contributed by atoms with Crippen LogP contribution >= 0.6 is 34.8 Å². The van der Waals surface area contributed by atoms with E-state index in [4.69, 9.17) is 39.9 Å². The van der Waals surface area contributed by atoms with Gasteiger partial charge in [0.1, 0.15) is 10.3 Å². The maximum Gasteiger partial charge on any atom is 0.303 e. The number of hydrogen-bond acceptors (Lipinski definition) is 4. The molecule has 1 N–H and O–H groups in total. The van der Waals surface area contributed by atoms with Crippen LogP contribution in [0.1, 0.15) is 13.3 Å². The monoisotopic (exact) mass is 333 g/mol. The molecule has 0 atom stereocenters. The van der Waals surface area contributed by atoms with Crippen molar-refractivity contribution in [2.45, 2.75) is 13.3 Å². The summed E-state index contributed by atoms with van der Waals surface area (Å²) >= 11 is 17.4. The molecule has 0 spiro atoms. The molecule has 2 rings (SSSR count). The molecule has 0 aliphatic carbocycles. The van der Waals surface area contributed by atoms with E-state index in [0.717, 1.165) is 0 Å². The lowest BCUT2D eigenvalue weighted by molar-refractivity contribution is -0.136. The quantitative estimate of drug-likeness (QED) is 0.841. The van der Waals surface area contributed by atoms with E-state index in [1.807, 2.05) is 0 Å². The van der Waals surface area contributed by atoms with Crippen molar-refractivity contribution in [1.29, 1.82) is 0 Å². The molecule has 0 unspecified atom stereocenters. The lowest BCUT2D eigenvalue weighted by Crippen LogP contribution is -1.88. The third-order valence-corrected chi connectivity index (χ3v) is 3.01. The first-order chi connectivity index (χ1) is 9.45. The maximum atomic E-state index is 9.37. The first kappa shape index (κ1) is 16.6. The molecule has 20 heavy (non-hydrogen) atoms. The molecule has 0 aliphatic heterocycles. The molecule has 0 saturated heterocycles. The number of carboxylic acid groups (broad SMARTS) is 1. The lowest BCUT2D eigenvalue weighted by atomic mass is 10.2. The van der Waals surface area contributed by atoms with Gasteiger partial charge in [-0.2, -0.15) is 0 Å². The molecule has 0 fully saturated rings. The summed E-state index contributed by atoms with van der Waals surface area (Å²) in [6, 6.07) is 1.71. The van der Waals surface area contributed by atoms with Gasteiger partial charge >= 0.3 is 5.97 Å². The Kier molecular flexibility index (Phi) is 6.64. The molecule has 2 aromatic heterocycles. The summed E-state index contributed by atoms with van der Waals surface area (Å²) < 4.78 is 0. The van der Waals surface area contributed by atoms with Gasteiger partial charge in [0, 0.05) is 18.2 Å². The fourth-order valence-corrected chi connectivity index (χ4v) is 1.53. The van der Waals surface area contributed by atoms with E-state index >= 15 is 0 Å². The molecule has 0 aromatic carbocycles. The van der Waals surface area contributed by atoms with Crippen molar-refractivity contribution in [3.8, 4) is 11.3 Å². The van der Waals surface area contributed by atoms with E-state index < -0.39 is 5.97 Å². The van der Waals surface area contributed by atoms with E-state index in [2.05, 4.69) is 15.0 Å². The number of halogens is 3. The van der Waals surface area contributed by atoms with Gasteiger partial charge in [-0.05, 0) is 6.07 Å². The summed E-state index contributed by atoms with van der Waals surface area (Å²) in [5.41, 5.74) is 1.29. The van der Waals surface area contributed by atoms with Crippen molar-refractivity contribution < 1.29 is 9.90 Å². The van der Waals surface area contributed by atoms with Crippen molar-refractivity contribution in [3.63, 3.8) is 0 Å². The number of pyridine rings is 1. The van der Waals surface area contributed by atoms with Crippen LogP contribution in [0.5, 0.6) is 0 Å². The van der Waals surface area contributed by atoms with Gasteiger partial charge in [0.2, 0.25) is 0 Å². The maximum absolute atomic E-state index is 9.37. The van der Waals surface area contributed by atoms with Crippen molar-refractivity contribution in [2.24, 2.45) is 0 Å². The average molecular weight is 335 g/mol. The first-order valence-electron chi connectivity index (χ1n) is 5.45. The van der Waals surface area contributed by atoms with Gasteiger partial charge < -0.3 is 5.11 Å². The predicted octanol–water partition coefficient (Wildman–Crippen LogP) is 3.98. The highest BCUT2D eigenvalue weighted by molar-refractivity contribution is 6.42. The molecular weight excluding hydrogens is 325 g/mol. The zero-order chi connectivity index (χ0) is 15.1. The molecular formula is C12H10Cl3N3O2. The molecule has 0 radical (unpaired) electrons. The summed E-state index contributed by atoms with van der Waals surface area (Å²) in [4.78, 5) is 21.2. The molecule has 0 amide bonds. The number of aromatic nitrogens is 3. The van der Waals surface area contributed by atoms with Gasteiger partial charge in [0.05, 0.1) is 23.1 Å². The van der Waals surface area contributed by atoms with Crippen molar-refractivity contribution >= 4 is 40.8 Å². The zero-order valence-corrected chi connectivity index (χ0v) is 12.6. The van der Waals surface area contributed by atoms with Crippen molar-refractivity contribution in [1.82, 2.24) is 15.0 Å². The summed E-state index contributed by atoms with van der Waals surface area (Å²) in [6.07, 6.45) is 4.75. The van der Waals surface area contributed by atoms with E-state index in [0.29, 0.717) is 21.4 Å². The predicted molar refractivity (Wildman–Crippen MR) is 78.2 cm³/mol. The third-order valence-electron chi connectivity index (χ3n) is 2.05. The number of rotatable bonds is 2. The Morgan fingerprint density at radius 3 is 2.35 bits per heavy atom. The summed E-state index contributed by atoms with van der Waals surface area (Å²) in [7, 11) is 0. The Hall–Kier alpha value is -1.43. The van der Waals surface area contributed by atoms with E-state index in [1.165, 1.54) is 12.4 Å². The SMILES string of the molecule is CCC(=O)O.Clc1cnc(-c2ccnc(Cl)c2Cl)cn1. The molecule has 5 nitrogen and oxygen atoms in total. The molecule has 2 heterocycles. The number of carbonyl (C=O) groups is 1. The highest BCUT2D eigenvalue weighted by atomic mass is 35.5. The Morgan fingerprint density at radius 1 is 1.20 bits per heavy atom. The van der Waals surface area contributed by atoms with Crippen LogP contribution in [0.15, 0.2) is 24.7 Å². The molecule has 0 bridgehead atoms. The molecule has 0 saturated carbocycles. The van der Waals surface area contributed by atoms with Crippen LogP contribution in [0, 0.1) is 0 Å². The second kappa shape index (κ2) is 7.99. The van der Waals surface area contributed by atoms with E-state index in [-0.39, 0.29) is 11.6 Å². The Labute approximate surface area is 130 Å². The Morgan fingerprint density at radius 2 is 1.85 bits per heavy atom. The Bertz CT molecular complexity index is 591. The second-order valence-corrected chi connectivity index (χ2v) is 4.56. The van der Waals surface area contributed by atoms with Crippen LogP contribution in [-0.2, 0) is 4.79 Å². The van der Waals surface area contributed by atoms with Crippen molar-refractivity contribution in [3.05, 3.63) is 40.0 Å². The van der Waals surface area contributed by atoms with Crippen LogP contribution in [-0.4, -0.2) is 26.0 Å². The minimum Gasteiger partial charge on any atom is -0.481 e. The Balaban J connectivity index is 0.000000347. The highest BCUT2D eigenvalue weighted by Gasteiger charge is 2.08. The van der Waals surface area contributed by atoms with Crippen LogP contribution in [0.25, 0.3) is 11.3 Å².